The molecule has 76 valence electrons. The number of carboxylic acid groups (broad SMARTS) is 1. The molecule has 0 spiro atoms. The number of aliphatic carboxylic acids is 1. The van der Waals surface area contributed by atoms with Crippen molar-refractivity contribution in [2.75, 3.05) is 0 Å². The lowest BCUT2D eigenvalue weighted by Gasteiger charge is -2.05. The molecule has 0 radical (unpaired) electrons. The molecule has 0 bridgehead atoms. The summed E-state index contributed by atoms with van der Waals surface area (Å²) in [5, 5.41) is 17.6. The van der Waals surface area contributed by atoms with Gasteiger partial charge >= 0.3 is 5.97 Å². The SMILES string of the molecule is CCCCC[C@@H](O)CC=CC(=O)O. The van der Waals surface area contributed by atoms with Crippen LogP contribution in [0.2, 0.25) is 0 Å². The van der Waals surface area contributed by atoms with Gasteiger partial charge in [-0.3, -0.25) is 0 Å². The first-order valence-electron chi connectivity index (χ1n) is 4.74. The second kappa shape index (κ2) is 7.80. The molecule has 0 heterocycles. The van der Waals surface area contributed by atoms with Crippen molar-refractivity contribution in [3.63, 3.8) is 0 Å². The second-order valence-corrected chi connectivity index (χ2v) is 3.13. The van der Waals surface area contributed by atoms with E-state index < -0.39 is 5.97 Å². The highest BCUT2D eigenvalue weighted by molar-refractivity contribution is 5.79. The van der Waals surface area contributed by atoms with Gasteiger partial charge in [-0.05, 0) is 12.8 Å². The normalized spacial score (nSPS) is 13.4. The Bertz CT molecular complexity index is 164. The van der Waals surface area contributed by atoms with Gasteiger partial charge in [-0.25, -0.2) is 4.79 Å². The fourth-order valence-electron chi connectivity index (χ4n) is 1.07. The van der Waals surface area contributed by atoms with E-state index in [1.54, 1.807) is 0 Å². The maximum atomic E-state index is 10.1. The molecule has 0 aliphatic heterocycles. The number of aliphatic hydroxyl groups is 1. The number of unbranched alkanes of at least 4 members (excludes halogenated alkanes) is 2. The average Bonchev–Trinajstić information content (AvgIpc) is 2.04. The lowest BCUT2D eigenvalue weighted by atomic mass is 10.1. The molecule has 13 heavy (non-hydrogen) atoms. The number of aliphatic hydroxyl groups excluding tert-OH is 1. The van der Waals surface area contributed by atoms with E-state index in [1.807, 2.05) is 0 Å². The number of rotatable bonds is 7. The number of hydrogen-bond acceptors (Lipinski definition) is 2. The van der Waals surface area contributed by atoms with Crippen molar-refractivity contribution in [2.45, 2.75) is 45.1 Å². The zero-order chi connectivity index (χ0) is 10.1. The lowest BCUT2D eigenvalue weighted by molar-refractivity contribution is -0.131. The van der Waals surface area contributed by atoms with Crippen LogP contribution < -0.4 is 0 Å². The standard InChI is InChI=1S/C10H18O3/c1-2-3-4-6-9(11)7-5-8-10(12)13/h5,8-9,11H,2-4,6-7H2,1H3,(H,12,13)/t9-/m1/s1. The topological polar surface area (TPSA) is 57.5 Å². The van der Waals surface area contributed by atoms with Crippen LogP contribution in [0.25, 0.3) is 0 Å². The first-order valence-corrected chi connectivity index (χ1v) is 4.74. The minimum absolute atomic E-state index is 0.387. The van der Waals surface area contributed by atoms with Crippen LogP contribution in [-0.4, -0.2) is 22.3 Å². The van der Waals surface area contributed by atoms with Gasteiger partial charge in [0.15, 0.2) is 0 Å². The summed E-state index contributed by atoms with van der Waals surface area (Å²) in [7, 11) is 0. The number of hydrogen-bond donors (Lipinski definition) is 2. The zero-order valence-corrected chi connectivity index (χ0v) is 8.07. The third-order valence-corrected chi connectivity index (χ3v) is 1.81. The molecule has 0 fully saturated rings. The van der Waals surface area contributed by atoms with Crippen molar-refractivity contribution in [3.8, 4) is 0 Å². The molecule has 0 saturated carbocycles. The highest BCUT2D eigenvalue weighted by atomic mass is 16.4. The molecular weight excluding hydrogens is 168 g/mol. The highest BCUT2D eigenvalue weighted by Crippen LogP contribution is 2.06. The summed E-state index contributed by atoms with van der Waals surface area (Å²) in [4.78, 5) is 10.1. The summed E-state index contributed by atoms with van der Waals surface area (Å²) in [5.74, 6) is -0.958. The fourth-order valence-corrected chi connectivity index (χ4v) is 1.07. The predicted octanol–water partition coefficient (Wildman–Crippen LogP) is 1.96. The van der Waals surface area contributed by atoms with E-state index in [0.29, 0.717) is 6.42 Å². The quantitative estimate of drug-likeness (QED) is 0.472. The molecule has 0 aliphatic carbocycles. The predicted molar refractivity (Wildman–Crippen MR) is 51.5 cm³/mol. The van der Waals surface area contributed by atoms with Gasteiger partial charge in [-0.1, -0.05) is 32.3 Å². The molecule has 0 unspecified atom stereocenters. The minimum Gasteiger partial charge on any atom is -0.478 e. The summed E-state index contributed by atoms with van der Waals surface area (Å²) in [6.07, 6.45) is 6.66. The molecule has 1 atom stereocenters. The van der Waals surface area contributed by atoms with E-state index in [0.717, 1.165) is 31.8 Å². The van der Waals surface area contributed by atoms with Crippen LogP contribution in [0, 0.1) is 0 Å². The van der Waals surface area contributed by atoms with Crippen LogP contribution in [0.3, 0.4) is 0 Å². The van der Waals surface area contributed by atoms with Gasteiger partial charge < -0.3 is 10.2 Å². The minimum atomic E-state index is -0.958. The summed E-state index contributed by atoms with van der Waals surface area (Å²) >= 11 is 0. The fraction of sp³-hybridized carbons (Fsp3) is 0.700. The molecule has 3 nitrogen and oxygen atoms in total. The van der Waals surface area contributed by atoms with Gasteiger partial charge in [0.2, 0.25) is 0 Å². The van der Waals surface area contributed by atoms with Gasteiger partial charge in [0.05, 0.1) is 6.10 Å². The van der Waals surface area contributed by atoms with E-state index in [-0.39, 0.29) is 6.10 Å². The Morgan fingerprint density at radius 3 is 2.69 bits per heavy atom. The molecule has 0 saturated heterocycles. The molecule has 0 amide bonds. The summed E-state index contributed by atoms with van der Waals surface area (Å²) in [6.45, 7) is 2.11. The third kappa shape index (κ3) is 9.08. The van der Waals surface area contributed by atoms with Crippen molar-refractivity contribution >= 4 is 5.97 Å². The molecule has 0 aromatic heterocycles. The van der Waals surface area contributed by atoms with E-state index in [2.05, 4.69) is 6.92 Å². The van der Waals surface area contributed by atoms with Gasteiger partial charge in [0.25, 0.3) is 0 Å². The van der Waals surface area contributed by atoms with Crippen LogP contribution in [-0.2, 0) is 4.79 Å². The van der Waals surface area contributed by atoms with Crippen LogP contribution in [0.4, 0.5) is 0 Å². The highest BCUT2D eigenvalue weighted by Gasteiger charge is 2.00. The Labute approximate surface area is 79.1 Å². The van der Waals surface area contributed by atoms with E-state index in [9.17, 15) is 9.90 Å². The molecule has 0 aromatic carbocycles. The monoisotopic (exact) mass is 186 g/mol. The molecule has 2 N–H and O–H groups in total. The van der Waals surface area contributed by atoms with Crippen molar-refractivity contribution in [1.82, 2.24) is 0 Å². The van der Waals surface area contributed by atoms with Crippen LogP contribution in [0.1, 0.15) is 39.0 Å². The molecule has 0 aromatic rings. The summed E-state index contributed by atoms with van der Waals surface area (Å²) < 4.78 is 0. The zero-order valence-electron chi connectivity index (χ0n) is 8.07. The number of carbonyl (C=O) groups is 1. The largest absolute Gasteiger partial charge is 0.478 e. The molecule has 0 aliphatic rings. The van der Waals surface area contributed by atoms with Crippen molar-refractivity contribution < 1.29 is 15.0 Å². The maximum Gasteiger partial charge on any atom is 0.327 e. The van der Waals surface area contributed by atoms with Gasteiger partial charge in [0.1, 0.15) is 0 Å². The summed E-state index contributed by atoms with van der Waals surface area (Å²) in [6, 6.07) is 0. The first-order chi connectivity index (χ1) is 6.16. The molecular formula is C10H18O3. The van der Waals surface area contributed by atoms with E-state index in [1.165, 1.54) is 6.08 Å². The van der Waals surface area contributed by atoms with Crippen molar-refractivity contribution in [3.05, 3.63) is 12.2 Å². The van der Waals surface area contributed by atoms with Gasteiger partial charge in [-0.2, -0.15) is 0 Å². The second-order valence-electron chi connectivity index (χ2n) is 3.13. The van der Waals surface area contributed by atoms with E-state index in [4.69, 9.17) is 5.11 Å². The van der Waals surface area contributed by atoms with Crippen molar-refractivity contribution in [1.29, 1.82) is 0 Å². The summed E-state index contributed by atoms with van der Waals surface area (Å²) in [5.41, 5.74) is 0. The van der Waals surface area contributed by atoms with Gasteiger partial charge in [-0.15, -0.1) is 0 Å². The Morgan fingerprint density at radius 1 is 1.46 bits per heavy atom. The Morgan fingerprint density at radius 2 is 2.15 bits per heavy atom. The Hall–Kier alpha value is -0.830. The smallest absolute Gasteiger partial charge is 0.327 e. The lowest BCUT2D eigenvalue weighted by Crippen LogP contribution is -2.04. The van der Waals surface area contributed by atoms with Gasteiger partial charge in [0, 0.05) is 6.08 Å². The van der Waals surface area contributed by atoms with E-state index >= 15 is 0 Å². The first kappa shape index (κ1) is 12.2. The maximum absolute atomic E-state index is 10.1. The van der Waals surface area contributed by atoms with Crippen LogP contribution in [0.5, 0.6) is 0 Å². The van der Waals surface area contributed by atoms with Crippen molar-refractivity contribution in [2.24, 2.45) is 0 Å². The number of carboxylic acids is 1. The van der Waals surface area contributed by atoms with Crippen LogP contribution in [0.15, 0.2) is 12.2 Å². The van der Waals surface area contributed by atoms with Crippen LogP contribution >= 0.6 is 0 Å². The Kier molecular flexibility index (Phi) is 7.30. The molecule has 0 rings (SSSR count). The molecule has 3 heteroatoms. The average molecular weight is 186 g/mol. The third-order valence-electron chi connectivity index (χ3n) is 1.81. The Balaban J connectivity index is 3.39.